The molecule has 0 aliphatic rings. The molecule has 8 nitrogen and oxygen atoms in total. The van der Waals surface area contributed by atoms with E-state index in [1.54, 1.807) is 6.08 Å². The predicted molar refractivity (Wildman–Crippen MR) is 341 cm³/mol. The van der Waals surface area contributed by atoms with Crippen molar-refractivity contribution in [3.63, 3.8) is 0 Å². The number of amides is 1. The monoisotopic (exact) mass is 1120 g/mol. The first-order valence-corrected chi connectivity index (χ1v) is 35.2. The van der Waals surface area contributed by atoms with Crippen LogP contribution < -0.4 is 5.32 Å². The summed E-state index contributed by atoms with van der Waals surface area (Å²) in [7, 11) is 1.58. The number of unbranched alkanes of at least 4 members (excludes halogenated alkanes) is 41. The van der Waals surface area contributed by atoms with E-state index in [1.165, 1.54) is 238 Å². The molecular weight excluding hydrogens is 984 g/mol. The van der Waals surface area contributed by atoms with Gasteiger partial charge >= 0.3 is 7.82 Å². The number of rotatable bonds is 62. The van der Waals surface area contributed by atoms with E-state index in [4.69, 9.17) is 9.05 Å². The average Bonchev–Trinajstić information content (AvgIpc) is 3.41. The number of carbonyl (C=O) groups is 1. The van der Waals surface area contributed by atoms with Crippen molar-refractivity contribution in [3.05, 3.63) is 60.8 Å². The van der Waals surface area contributed by atoms with Crippen LogP contribution in [-0.2, 0) is 18.4 Å². The summed E-state index contributed by atoms with van der Waals surface area (Å²) in [5.41, 5.74) is 0. The molecule has 0 fully saturated rings. The van der Waals surface area contributed by atoms with Crippen LogP contribution in [-0.4, -0.2) is 73.4 Å². The molecule has 0 bridgehead atoms. The molecule has 0 aliphatic carbocycles. The van der Waals surface area contributed by atoms with Crippen molar-refractivity contribution in [2.45, 2.75) is 334 Å². The highest BCUT2D eigenvalue weighted by Gasteiger charge is 2.28. The number of phosphoric acid groups is 1. The fraction of sp³-hybridized carbons (Fsp3) is 0.841. The van der Waals surface area contributed by atoms with Gasteiger partial charge in [0.2, 0.25) is 5.91 Å². The van der Waals surface area contributed by atoms with Gasteiger partial charge in [-0.3, -0.25) is 13.8 Å². The first kappa shape index (κ1) is 76.2. The number of allylic oxidation sites excluding steroid dienone is 9. The lowest BCUT2D eigenvalue weighted by Gasteiger charge is -2.25. The molecule has 3 unspecified atom stereocenters. The van der Waals surface area contributed by atoms with Gasteiger partial charge < -0.3 is 19.8 Å². The maximum atomic E-state index is 13.0. The highest BCUT2D eigenvalue weighted by Crippen LogP contribution is 2.43. The van der Waals surface area contributed by atoms with E-state index in [0.29, 0.717) is 17.4 Å². The van der Waals surface area contributed by atoms with Gasteiger partial charge in [-0.2, -0.15) is 0 Å². The van der Waals surface area contributed by atoms with Crippen molar-refractivity contribution >= 4 is 13.7 Å². The van der Waals surface area contributed by atoms with Crippen LogP contribution in [0.4, 0.5) is 0 Å². The van der Waals surface area contributed by atoms with Crippen molar-refractivity contribution < 1.29 is 32.9 Å². The number of quaternary nitrogens is 1. The standard InChI is InChI=1S/C69H131N2O6P/c1-6-8-10-12-14-16-18-20-22-24-26-28-30-32-33-34-35-36-37-39-40-42-44-46-48-50-52-54-56-58-60-62-68(72)67(66-77-78(74,75)76-65-64-71(3,4)5)70-69(73)63-61-59-57-55-53-51-49-47-45-43-41-38-31-29-27-25-23-21-19-17-15-13-11-9-7-2/h9,11,15,17,21,23,27,29,60,62,67-68,72H,6-8,10,12-14,16,18-20,22,24-26,28,30-59,61,63-66H2,1-5H3,(H-,70,73,74,75)/p+1/b11-9-,17-15-,23-21-,29-27-,62-60+. The van der Waals surface area contributed by atoms with Gasteiger partial charge in [0.1, 0.15) is 13.2 Å². The fourth-order valence-electron chi connectivity index (χ4n) is 10.0. The number of aliphatic hydroxyl groups excluding tert-OH is 1. The van der Waals surface area contributed by atoms with E-state index < -0.39 is 20.0 Å². The molecular formula is C69H132N2O6P+. The Hall–Kier alpha value is -1.80. The van der Waals surface area contributed by atoms with Crippen LogP contribution in [0.25, 0.3) is 0 Å². The molecule has 0 saturated carbocycles. The molecule has 3 N–H and O–H groups in total. The van der Waals surface area contributed by atoms with Gasteiger partial charge in [0.05, 0.1) is 39.9 Å². The minimum atomic E-state index is -4.36. The Morgan fingerprint density at radius 1 is 0.449 bits per heavy atom. The molecule has 458 valence electrons. The van der Waals surface area contributed by atoms with Crippen LogP contribution in [0.5, 0.6) is 0 Å². The zero-order valence-electron chi connectivity index (χ0n) is 52.4. The van der Waals surface area contributed by atoms with Crippen LogP contribution in [0, 0.1) is 0 Å². The maximum absolute atomic E-state index is 13.0. The van der Waals surface area contributed by atoms with Crippen LogP contribution in [0.15, 0.2) is 60.8 Å². The molecule has 9 heteroatoms. The van der Waals surface area contributed by atoms with E-state index >= 15 is 0 Å². The van der Waals surface area contributed by atoms with Crippen LogP contribution in [0.2, 0.25) is 0 Å². The summed E-state index contributed by atoms with van der Waals surface area (Å²) in [6.45, 7) is 4.74. The highest BCUT2D eigenvalue weighted by molar-refractivity contribution is 7.47. The number of carbonyl (C=O) groups excluding carboxylic acids is 1. The Bertz CT molecular complexity index is 1450. The molecule has 1 amide bonds. The number of aliphatic hydroxyl groups is 1. The summed E-state index contributed by atoms with van der Waals surface area (Å²) in [6.07, 6.45) is 82.1. The third-order valence-electron chi connectivity index (χ3n) is 15.2. The fourth-order valence-corrected chi connectivity index (χ4v) is 10.8. The predicted octanol–water partition coefficient (Wildman–Crippen LogP) is 21.2. The number of hydrogen-bond acceptors (Lipinski definition) is 5. The van der Waals surface area contributed by atoms with Gasteiger partial charge in [-0.25, -0.2) is 4.57 Å². The Balaban J connectivity index is 4.09. The van der Waals surface area contributed by atoms with Crippen molar-refractivity contribution in [1.82, 2.24) is 5.32 Å². The van der Waals surface area contributed by atoms with E-state index in [9.17, 15) is 19.4 Å². The van der Waals surface area contributed by atoms with Gasteiger partial charge in [-0.1, -0.05) is 319 Å². The number of likely N-dealkylation sites (N-methyl/N-ethyl adjacent to an activating group) is 1. The maximum Gasteiger partial charge on any atom is 0.472 e. The number of nitrogens with zero attached hydrogens (tertiary/aromatic N) is 1. The Kier molecular flexibility index (Phi) is 58.4. The summed E-state index contributed by atoms with van der Waals surface area (Å²) in [4.78, 5) is 23.4. The van der Waals surface area contributed by atoms with Gasteiger partial charge in [-0.15, -0.1) is 0 Å². The second-order valence-electron chi connectivity index (χ2n) is 24.2. The third-order valence-corrected chi connectivity index (χ3v) is 16.2. The molecule has 0 spiro atoms. The summed E-state index contributed by atoms with van der Waals surface area (Å²) in [6, 6.07) is -0.852. The lowest BCUT2D eigenvalue weighted by Crippen LogP contribution is -2.45. The average molecular weight is 1120 g/mol. The topological polar surface area (TPSA) is 105 Å². The van der Waals surface area contributed by atoms with Crippen molar-refractivity contribution in [3.8, 4) is 0 Å². The third kappa shape index (κ3) is 61.8. The van der Waals surface area contributed by atoms with E-state index in [2.05, 4.69) is 67.8 Å². The quantitative estimate of drug-likeness (QED) is 0.0243. The molecule has 0 aromatic carbocycles. The zero-order valence-corrected chi connectivity index (χ0v) is 53.3. The molecule has 0 radical (unpaired) electrons. The normalized spacial score (nSPS) is 14.1. The summed E-state index contributed by atoms with van der Waals surface area (Å²) in [5.74, 6) is -0.177. The van der Waals surface area contributed by atoms with Gasteiger partial charge in [0.15, 0.2) is 0 Å². The number of phosphoric ester groups is 1. The number of hydrogen-bond donors (Lipinski definition) is 3. The Morgan fingerprint density at radius 3 is 1.13 bits per heavy atom. The second kappa shape index (κ2) is 59.8. The van der Waals surface area contributed by atoms with Gasteiger partial charge in [0.25, 0.3) is 0 Å². The van der Waals surface area contributed by atoms with Crippen molar-refractivity contribution in [2.75, 3.05) is 40.9 Å². The summed E-state index contributed by atoms with van der Waals surface area (Å²) < 4.78 is 23.8. The SMILES string of the molecule is CC/C=C\C/C=C\C/C=C\C/C=C\CCCCCCCCCCCCCCC(=O)NC(COP(=O)(O)OCC[N+](C)(C)C)C(O)/C=C/CCCCCCCCCCCCCCCCCCCCCCCCCCCCCCC. The minimum Gasteiger partial charge on any atom is -0.387 e. The van der Waals surface area contributed by atoms with Crippen LogP contribution in [0.1, 0.15) is 322 Å². The second-order valence-corrected chi connectivity index (χ2v) is 25.6. The first-order chi connectivity index (χ1) is 38.0. The minimum absolute atomic E-state index is 0.0602. The Morgan fingerprint density at radius 2 is 0.769 bits per heavy atom. The van der Waals surface area contributed by atoms with Crippen LogP contribution >= 0.6 is 7.82 Å². The molecule has 78 heavy (non-hydrogen) atoms. The number of nitrogens with one attached hydrogen (secondary N) is 1. The molecule has 0 aliphatic heterocycles. The lowest BCUT2D eigenvalue weighted by molar-refractivity contribution is -0.870. The first-order valence-electron chi connectivity index (χ1n) is 33.7. The largest absolute Gasteiger partial charge is 0.472 e. The molecule has 3 atom stereocenters. The molecule has 0 aromatic rings. The smallest absolute Gasteiger partial charge is 0.387 e. The van der Waals surface area contributed by atoms with Crippen molar-refractivity contribution in [2.24, 2.45) is 0 Å². The Labute approximate surface area is 485 Å². The molecule has 0 rings (SSSR count). The van der Waals surface area contributed by atoms with Crippen LogP contribution in [0.3, 0.4) is 0 Å². The molecule has 0 aromatic heterocycles. The summed E-state index contributed by atoms with van der Waals surface area (Å²) >= 11 is 0. The van der Waals surface area contributed by atoms with Gasteiger partial charge in [0, 0.05) is 6.42 Å². The summed E-state index contributed by atoms with van der Waals surface area (Å²) in [5, 5.41) is 14.0. The highest BCUT2D eigenvalue weighted by atomic mass is 31.2. The van der Waals surface area contributed by atoms with E-state index in [1.807, 2.05) is 27.2 Å². The van der Waals surface area contributed by atoms with E-state index in [-0.39, 0.29) is 19.1 Å². The van der Waals surface area contributed by atoms with Gasteiger partial charge in [-0.05, 0) is 57.8 Å². The zero-order chi connectivity index (χ0) is 57.0. The van der Waals surface area contributed by atoms with E-state index in [0.717, 1.165) is 64.2 Å². The lowest BCUT2D eigenvalue weighted by atomic mass is 10.0. The molecule has 0 heterocycles. The van der Waals surface area contributed by atoms with Crippen molar-refractivity contribution in [1.29, 1.82) is 0 Å². The molecule has 0 saturated heterocycles.